The highest BCUT2D eigenvalue weighted by Gasteiger charge is 2.33. The number of piperidine rings is 2. The van der Waals surface area contributed by atoms with E-state index in [0.717, 1.165) is 38.8 Å². The van der Waals surface area contributed by atoms with E-state index in [9.17, 15) is 16.8 Å². The lowest BCUT2D eigenvalue weighted by atomic mass is 10.0. The Morgan fingerprint density at radius 3 is 1.89 bits per heavy atom. The Bertz CT molecular complexity index is 882. The molecule has 9 heteroatoms. The molecule has 2 aliphatic heterocycles. The topological polar surface area (TPSA) is 86.8 Å². The molecule has 1 N–H and O–H groups in total. The van der Waals surface area contributed by atoms with Gasteiger partial charge in [-0.2, -0.15) is 4.31 Å². The predicted octanol–water partition coefficient (Wildman–Crippen LogP) is 1.77. The molecule has 0 amide bonds. The second-order valence-electron chi connectivity index (χ2n) is 8.10. The van der Waals surface area contributed by atoms with Crippen molar-refractivity contribution in [1.29, 1.82) is 0 Å². The summed E-state index contributed by atoms with van der Waals surface area (Å²) in [6.07, 6.45) is 7.21. The van der Waals surface area contributed by atoms with E-state index in [1.807, 2.05) is 0 Å². The fourth-order valence-electron chi connectivity index (χ4n) is 4.16. The standard InChI is InChI=1S/C19H29N3O4S2/c23-27(24,20-16-4-5-16)18-6-8-19(9-7-18)28(25,26)22-14-10-17(11-15-22)21-12-2-1-3-13-21/h6-9,16-17,20H,1-5,10-15H2. The number of benzene rings is 1. The van der Waals surface area contributed by atoms with E-state index in [2.05, 4.69) is 9.62 Å². The zero-order valence-corrected chi connectivity index (χ0v) is 17.7. The van der Waals surface area contributed by atoms with Crippen molar-refractivity contribution in [1.82, 2.24) is 13.9 Å². The van der Waals surface area contributed by atoms with E-state index >= 15 is 0 Å². The second-order valence-corrected chi connectivity index (χ2v) is 11.8. The maximum atomic E-state index is 13.0. The summed E-state index contributed by atoms with van der Waals surface area (Å²) in [5.41, 5.74) is 0. The van der Waals surface area contributed by atoms with Crippen molar-refractivity contribution in [2.75, 3.05) is 26.2 Å². The lowest BCUT2D eigenvalue weighted by Crippen LogP contribution is -2.48. The van der Waals surface area contributed by atoms with Gasteiger partial charge in [0.05, 0.1) is 9.79 Å². The first kappa shape index (κ1) is 20.3. The molecular formula is C19H29N3O4S2. The minimum Gasteiger partial charge on any atom is -0.300 e. The van der Waals surface area contributed by atoms with Crippen molar-refractivity contribution in [2.24, 2.45) is 0 Å². The molecule has 7 nitrogen and oxygen atoms in total. The Hall–Kier alpha value is -1.00. The molecule has 0 radical (unpaired) electrons. The lowest BCUT2D eigenvalue weighted by molar-refractivity contribution is 0.118. The van der Waals surface area contributed by atoms with Crippen molar-refractivity contribution in [3.8, 4) is 0 Å². The minimum absolute atomic E-state index is 0.0228. The molecule has 0 unspecified atom stereocenters. The highest BCUT2D eigenvalue weighted by Crippen LogP contribution is 2.26. The minimum atomic E-state index is -3.59. The van der Waals surface area contributed by atoms with Crippen LogP contribution < -0.4 is 4.72 Å². The zero-order chi connectivity index (χ0) is 19.8. The van der Waals surface area contributed by atoms with Crippen LogP contribution in [0.3, 0.4) is 0 Å². The number of hydrogen-bond donors (Lipinski definition) is 1. The summed E-state index contributed by atoms with van der Waals surface area (Å²) < 4.78 is 54.6. The summed E-state index contributed by atoms with van der Waals surface area (Å²) in [4.78, 5) is 2.79. The van der Waals surface area contributed by atoms with Crippen molar-refractivity contribution in [3.63, 3.8) is 0 Å². The van der Waals surface area contributed by atoms with Crippen LogP contribution in [0.5, 0.6) is 0 Å². The van der Waals surface area contributed by atoms with E-state index in [1.54, 1.807) is 4.31 Å². The van der Waals surface area contributed by atoms with Gasteiger partial charge < -0.3 is 4.90 Å². The van der Waals surface area contributed by atoms with Crippen molar-refractivity contribution in [2.45, 2.75) is 66.8 Å². The Kier molecular flexibility index (Phi) is 5.81. The molecule has 28 heavy (non-hydrogen) atoms. The highest BCUT2D eigenvalue weighted by molar-refractivity contribution is 7.89. The maximum absolute atomic E-state index is 13.0. The van der Waals surface area contributed by atoms with Crippen LogP contribution in [0.4, 0.5) is 0 Å². The van der Waals surface area contributed by atoms with Gasteiger partial charge in [0.15, 0.2) is 0 Å². The molecule has 1 aromatic carbocycles. The van der Waals surface area contributed by atoms with Crippen molar-refractivity contribution >= 4 is 20.0 Å². The van der Waals surface area contributed by atoms with Crippen LogP contribution in [0, 0.1) is 0 Å². The van der Waals surface area contributed by atoms with Crippen LogP contribution in [0.25, 0.3) is 0 Å². The molecule has 0 atom stereocenters. The molecule has 2 saturated heterocycles. The lowest BCUT2D eigenvalue weighted by Gasteiger charge is -2.39. The van der Waals surface area contributed by atoms with Gasteiger partial charge in [-0.3, -0.25) is 0 Å². The molecular weight excluding hydrogens is 398 g/mol. The number of likely N-dealkylation sites (tertiary alicyclic amines) is 1. The SMILES string of the molecule is O=S(=O)(NC1CC1)c1ccc(S(=O)(=O)N2CCC(N3CCCCC3)CC2)cc1. The third-order valence-corrected chi connectivity index (χ3v) is 9.45. The molecule has 2 heterocycles. The van der Waals surface area contributed by atoms with Gasteiger partial charge in [-0.25, -0.2) is 21.6 Å². The Labute approximate surface area is 168 Å². The number of rotatable bonds is 6. The molecule has 1 aromatic rings. The van der Waals surface area contributed by atoms with E-state index in [1.165, 1.54) is 43.5 Å². The molecule has 1 saturated carbocycles. The van der Waals surface area contributed by atoms with Gasteiger partial charge in [-0.15, -0.1) is 0 Å². The van der Waals surface area contributed by atoms with Crippen molar-refractivity contribution < 1.29 is 16.8 Å². The molecule has 0 aromatic heterocycles. The van der Waals surface area contributed by atoms with Crippen LogP contribution in [-0.4, -0.2) is 64.3 Å². The fraction of sp³-hybridized carbons (Fsp3) is 0.684. The summed E-state index contributed by atoms with van der Waals surface area (Å²) in [6.45, 7) is 3.30. The predicted molar refractivity (Wildman–Crippen MR) is 107 cm³/mol. The molecule has 0 bridgehead atoms. The van der Waals surface area contributed by atoms with Gasteiger partial charge in [0.25, 0.3) is 0 Å². The fourth-order valence-corrected chi connectivity index (χ4v) is 6.93. The molecule has 4 rings (SSSR count). The number of nitrogens with zero attached hydrogens (tertiary/aromatic N) is 2. The van der Waals surface area contributed by atoms with Gasteiger partial charge in [0, 0.05) is 25.2 Å². The summed E-state index contributed by atoms with van der Waals surface area (Å²) in [5, 5.41) is 0. The van der Waals surface area contributed by atoms with E-state index in [0.29, 0.717) is 19.1 Å². The van der Waals surface area contributed by atoms with Crippen LogP contribution >= 0.6 is 0 Å². The molecule has 156 valence electrons. The highest BCUT2D eigenvalue weighted by atomic mass is 32.2. The largest absolute Gasteiger partial charge is 0.300 e. The van der Waals surface area contributed by atoms with E-state index in [4.69, 9.17) is 0 Å². The number of hydrogen-bond acceptors (Lipinski definition) is 5. The average molecular weight is 428 g/mol. The second kappa shape index (κ2) is 8.02. The average Bonchev–Trinajstić information content (AvgIpc) is 3.52. The van der Waals surface area contributed by atoms with Gasteiger partial charge in [-0.1, -0.05) is 6.42 Å². The van der Waals surface area contributed by atoms with Crippen LogP contribution in [0.15, 0.2) is 34.1 Å². The van der Waals surface area contributed by atoms with Gasteiger partial charge >= 0.3 is 0 Å². The molecule has 3 fully saturated rings. The summed E-state index contributed by atoms with van der Waals surface area (Å²) in [5.74, 6) is 0. The van der Waals surface area contributed by atoms with Crippen molar-refractivity contribution in [3.05, 3.63) is 24.3 Å². The van der Waals surface area contributed by atoms with Gasteiger partial charge in [-0.05, 0) is 75.9 Å². The normalized spacial score (nSPS) is 23.7. The first-order valence-corrected chi connectivity index (χ1v) is 13.2. The third kappa shape index (κ3) is 4.43. The smallest absolute Gasteiger partial charge is 0.243 e. The van der Waals surface area contributed by atoms with Gasteiger partial charge in [0.2, 0.25) is 20.0 Å². The number of sulfonamides is 2. The Morgan fingerprint density at radius 1 is 0.750 bits per heavy atom. The quantitative estimate of drug-likeness (QED) is 0.748. The summed E-state index contributed by atoms with van der Waals surface area (Å²) in [6, 6.07) is 6.10. The van der Waals surface area contributed by atoms with Crippen LogP contribution in [0.1, 0.15) is 44.9 Å². The van der Waals surface area contributed by atoms with E-state index < -0.39 is 20.0 Å². The van der Waals surface area contributed by atoms with Crippen LogP contribution in [-0.2, 0) is 20.0 Å². The maximum Gasteiger partial charge on any atom is 0.243 e. The molecule has 1 aliphatic carbocycles. The summed E-state index contributed by atoms with van der Waals surface area (Å²) in [7, 11) is -7.16. The third-order valence-electron chi connectivity index (χ3n) is 6.00. The molecule has 0 spiro atoms. The van der Waals surface area contributed by atoms with E-state index in [-0.39, 0.29) is 15.8 Å². The monoisotopic (exact) mass is 427 g/mol. The zero-order valence-electron chi connectivity index (χ0n) is 16.1. The Balaban J connectivity index is 1.40. The summed E-state index contributed by atoms with van der Waals surface area (Å²) >= 11 is 0. The molecule has 3 aliphatic rings. The number of nitrogens with one attached hydrogen (secondary N) is 1. The van der Waals surface area contributed by atoms with Crippen LogP contribution in [0.2, 0.25) is 0 Å². The first-order valence-electron chi connectivity index (χ1n) is 10.2. The first-order chi connectivity index (χ1) is 13.4. The van der Waals surface area contributed by atoms with Gasteiger partial charge in [0.1, 0.15) is 0 Å². The Morgan fingerprint density at radius 2 is 1.32 bits per heavy atom.